The topological polar surface area (TPSA) is 36.9 Å². The van der Waals surface area contributed by atoms with Gasteiger partial charge in [0, 0.05) is 38.9 Å². The highest BCUT2D eigenvalue weighted by Crippen LogP contribution is 2.18. The molecule has 4 nitrogen and oxygen atoms in total. The molecule has 1 aliphatic heterocycles. The van der Waals surface area contributed by atoms with Gasteiger partial charge in [-0.2, -0.15) is 0 Å². The van der Waals surface area contributed by atoms with Crippen LogP contribution in [0.2, 0.25) is 0 Å². The van der Waals surface area contributed by atoms with Crippen LogP contribution in [0.15, 0.2) is 16.6 Å². The van der Waals surface area contributed by atoms with E-state index in [1.165, 1.54) is 19.3 Å². The molecular weight excluding hydrogens is 250 g/mol. The molecule has 104 valence electrons. The molecule has 1 saturated heterocycles. The molecule has 0 atom stereocenters. The maximum Gasteiger partial charge on any atom is 0.193 e. The zero-order valence-electron chi connectivity index (χ0n) is 11.4. The van der Waals surface area contributed by atoms with Gasteiger partial charge in [-0.3, -0.25) is 4.99 Å². The molecule has 0 unspecified atom stereocenters. The van der Waals surface area contributed by atoms with Gasteiger partial charge in [0.05, 0.1) is 6.54 Å². The molecule has 0 radical (unpaired) electrons. The van der Waals surface area contributed by atoms with Crippen LogP contribution in [-0.2, 0) is 4.74 Å². The third-order valence-electron chi connectivity index (χ3n) is 3.23. The zero-order chi connectivity index (χ0) is 13.4. The Morgan fingerprint density at radius 2 is 2.17 bits per heavy atom. The fourth-order valence-electron chi connectivity index (χ4n) is 2.08. The molecule has 1 N–H and O–H groups in total. The van der Waals surface area contributed by atoms with Crippen molar-refractivity contribution in [2.24, 2.45) is 10.9 Å². The average molecular weight is 274 g/mol. The molecule has 0 aromatic carbocycles. The Kier molecular flexibility index (Phi) is 7.13. The van der Waals surface area contributed by atoms with Gasteiger partial charge >= 0.3 is 0 Å². The minimum absolute atomic E-state index is 0.551. The summed E-state index contributed by atoms with van der Waals surface area (Å²) < 4.78 is 5.37. The molecule has 0 amide bonds. The molecule has 0 saturated carbocycles. The highest BCUT2D eigenvalue weighted by Gasteiger charge is 2.15. The van der Waals surface area contributed by atoms with Crippen molar-refractivity contribution >= 4 is 17.6 Å². The fourth-order valence-corrected chi connectivity index (χ4v) is 2.14. The van der Waals surface area contributed by atoms with E-state index in [0.717, 1.165) is 31.6 Å². The van der Waals surface area contributed by atoms with Crippen LogP contribution in [-0.4, -0.2) is 51.3 Å². The van der Waals surface area contributed by atoms with E-state index in [4.69, 9.17) is 16.3 Å². The zero-order valence-corrected chi connectivity index (χ0v) is 12.2. The number of halogens is 1. The van der Waals surface area contributed by atoms with E-state index in [1.54, 1.807) is 7.05 Å². The molecule has 0 aromatic heterocycles. The van der Waals surface area contributed by atoms with E-state index in [9.17, 15) is 0 Å². The van der Waals surface area contributed by atoms with Crippen LogP contribution in [0, 0.1) is 5.92 Å². The lowest BCUT2D eigenvalue weighted by Crippen LogP contribution is -2.40. The van der Waals surface area contributed by atoms with Crippen molar-refractivity contribution in [1.29, 1.82) is 0 Å². The third kappa shape index (κ3) is 5.74. The van der Waals surface area contributed by atoms with E-state index < -0.39 is 0 Å². The maximum atomic E-state index is 5.74. The lowest BCUT2D eigenvalue weighted by atomic mass is 9.96. The maximum absolute atomic E-state index is 5.74. The quantitative estimate of drug-likeness (QED) is 0.615. The molecule has 1 fully saturated rings. The summed E-state index contributed by atoms with van der Waals surface area (Å²) in [5.41, 5.74) is 0. The Balaban J connectivity index is 2.28. The summed E-state index contributed by atoms with van der Waals surface area (Å²) in [5, 5.41) is 3.77. The van der Waals surface area contributed by atoms with Crippen molar-refractivity contribution in [3.63, 3.8) is 0 Å². The Bertz CT molecular complexity index is 288. The van der Waals surface area contributed by atoms with E-state index in [1.807, 2.05) is 7.05 Å². The Morgan fingerprint density at radius 3 is 2.72 bits per heavy atom. The summed E-state index contributed by atoms with van der Waals surface area (Å²) >= 11 is 5.74. The number of nitrogens with zero attached hydrogens (tertiary/aromatic N) is 2. The van der Waals surface area contributed by atoms with Crippen LogP contribution >= 0.6 is 11.6 Å². The SMILES string of the molecule is C=C(Cl)CNC(=NC)N(C)CCC1CCOCC1. The molecular formula is C13H24ClN3O. The van der Waals surface area contributed by atoms with Crippen LogP contribution < -0.4 is 5.32 Å². The van der Waals surface area contributed by atoms with Crippen molar-refractivity contribution in [3.8, 4) is 0 Å². The predicted octanol–water partition coefficient (Wildman–Crippen LogP) is 2.06. The van der Waals surface area contributed by atoms with Crippen molar-refractivity contribution < 1.29 is 4.74 Å². The Morgan fingerprint density at radius 1 is 1.50 bits per heavy atom. The Labute approximate surface area is 115 Å². The van der Waals surface area contributed by atoms with Crippen molar-refractivity contribution in [2.45, 2.75) is 19.3 Å². The molecule has 1 rings (SSSR count). The second kappa shape index (κ2) is 8.38. The first-order valence-corrected chi connectivity index (χ1v) is 6.84. The number of ether oxygens (including phenoxy) is 1. The monoisotopic (exact) mass is 273 g/mol. The second-order valence-electron chi connectivity index (χ2n) is 4.68. The molecule has 0 spiro atoms. The average Bonchev–Trinajstić information content (AvgIpc) is 2.38. The first-order chi connectivity index (χ1) is 8.63. The van der Waals surface area contributed by atoms with E-state index in [-0.39, 0.29) is 0 Å². The van der Waals surface area contributed by atoms with Gasteiger partial charge in [-0.05, 0) is 25.2 Å². The van der Waals surface area contributed by atoms with Gasteiger partial charge in [0.15, 0.2) is 5.96 Å². The fraction of sp³-hybridized carbons (Fsp3) is 0.769. The lowest BCUT2D eigenvalue weighted by molar-refractivity contribution is 0.0625. The number of hydrogen-bond donors (Lipinski definition) is 1. The molecule has 1 heterocycles. The normalized spacial score (nSPS) is 17.6. The first-order valence-electron chi connectivity index (χ1n) is 6.46. The van der Waals surface area contributed by atoms with Crippen molar-refractivity contribution in [3.05, 3.63) is 11.6 Å². The number of rotatable bonds is 5. The second-order valence-corrected chi connectivity index (χ2v) is 5.22. The summed E-state index contributed by atoms with van der Waals surface area (Å²) in [5.74, 6) is 1.64. The van der Waals surface area contributed by atoms with Crippen LogP contribution in [0.25, 0.3) is 0 Å². The van der Waals surface area contributed by atoms with Crippen LogP contribution in [0.3, 0.4) is 0 Å². The number of hydrogen-bond acceptors (Lipinski definition) is 2. The summed E-state index contributed by atoms with van der Waals surface area (Å²) in [4.78, 5) is 6.36. The molecule has 5 heteroatoms. The van der Waals surface area contributed by atoms with E-state index in [2.05, 4.69) is 21.8 Å². The molecule has 0 bridgehead atoms. The largest absolute Gasteiger partial charge is 0.381 e. The molecule has 18 heavy (non-hydrogen) atoms. The molecule has 1 aliphatic rings. The van der Waals surface area contributed by atoms with Gasteiger partial charge in [0.1, 0.15) is 0 Å². The summed E-state index contributed by atoms with van der Waals surface area (Å²) in [6, 6.07) is 0. The van der Waals surface area contributed by atoms with Crippen LogP contribution in [0.5, 0.6) is 0 Å². The summed E-state index contributed by atoms with van der Waals surface area (Å²) in [6.07, 6.45) is 3.54. The van der Waals surface area contributed by atoms with Gasteiger partial charge in [-0.25, -0.2) is 0 Å². The minimum Gasteiger partial charge on any atom is -0.381 e. The number of nitrogens with one attached hydrogen (secondary N) is 1. The van der Waals surface area contributed by atoms with Gasteiger partial charge in [-0.15, -0.1) is 0 Å². The third-order valence-corrected chi connectivity index (χ3v) is 3.36. The van der Waals surface area contributed by atoms with Crippen LogP contribution in [0.4, 0.5) is 0 Å². The standard InChI is InChI=1S/C13H24ClN3O/c1-11(14)10-16-13(15-2)17(3)7-4-12-5-8-18-9-6-12/h12H,1,4-10H2,2-3H3,(H,15,16). The van der Waals surface area contributed by atoms with Gasteiger partial charge in [0.25, 0.3) is 0 Å². The van der Waals surface area contributed by atoms with E-state index >= 15 is 0 Å². The number of guanidine groups is 1. The first kappa shape index (κ1) is 15.3. The highest BCUT2D eigenvalue weighted by molar-refractivity contribution is 6.29. The molecule has 0 aliphatic carbocycles. The van der Waals surface area contributed by atoms with Crippen molar-refractivity contribution in [2.75, 3.05) is 40.4 Å². The lowest BCUT2D eigenvalue weighted by Gasteiger charge is -2.26. The minimum atomic E-state index is 0.551. The van der Waals surface area contributed by atoms with Crippen LogP contribution in [0.1, 0.15) is 19.3 Å². The Hall–Kier alpha value is -0.740. The summed E-state index contributed by atoms with van der Waals surface area (Å²) in [7, 11) is 3.83. The highest BCUT2D eigenvalue weighted by atomic mass is 35.5. The summed E-state index contributed by atoms with van der Waals surface area (Å²) in [6.45, 7) is 7.03. The molecule has 0 aromatic rings. The van der Waals surface area contributed by atoms with Gasteiger partial charge < -0.3 is 15.0 Å². The van der Waals surface area contributed by atoms with Crippen molar-refractivity contribution in [1.82, 2.24) is 10.2 Å². The number of aliphatic imine (C=N–C) groups is 1. The smallest absolute Gasteiger partial charge is 0.193 e. The van der Waals surface area contributed by atoms with E-state index in [0.29, 0.717) is 11.6 Å². The predicted molar refractivity (Wildman–Crippen MR) is 77.1 cm³/mol. The van der Waals surface area contributed by atoms with Gasteiger partial charge in [-0.1, -0.05) is 18.2 Å². The van der Waals surface area contributed by atoms with Gasteiger partial charge in [0.2, 0.25) is 0 Å².